The summed E-state index contributed by atoms with van der Waals surface area (Å²) >= 11 is 6.08. The van der Waals surface area contributed by atoms with Gasteiger partial charge in [0.05, 0.1) is 22.5 Å². The van der Waals surface area contributed by atoms with Gasteiger partial charge >= 0.3 is 0 Å². The molecule has 0 spiro atoms. The zero-order valence-corrected chi connectivity index (χ0v) is 11.2. The quantitative estimate of drug-likeness (QED) is 0.840. The molecule has 0 radical (unpaired) electrons. The van der Waals surface area contributed by atoms with Gasteiger partial charge in [-0.1, -0.05) is 17.7 Å². The third kappa shape index (κ3) is 2.00. The first-order valence-electron chi connectivity index (χ1n) is 6.50. The first kappa shape index (κ1) is 12.5. The van der Waals surface area contributed by atoms with Crippen molar-refractivity contribution in [2.75, 3.05) is 18.0 Å². The smallest absolute Gasteiger partial charge is 0.225 e. The second kappa shape index (κ2) is 4.85. The number of hydrogen-bond donors (Lipinski definition) is 1. The molecular weight excluding hydrogens is 264 g/mol. The molecule has 2 aliphatic rings. The van der Waals surface area contributed by atoms with Crippen molar-refractivity contribution >= 4 is 29.5 Å². The Bertz CT molecular complexity index is 532. The fourth-order valence-electron chi connectivity index (χ4n) is 3.14. The first-order valence-corrected chi connectivity index (χ1v) is 6.88. The number of carbonyl (C=O) groups is 2. The predicted molar refractivity (Wildman–Crippen MR) is 73.7 cm³/mol. The Hall–Kier alpha value is -1.55. The highest BCUT2D eigenvalue weighted by Crippen LogP contribution is 2.34. The number of fused-ring (bicyclic) bond motifs is 1. The van der Waals surface area contributed by atoms with Gasteiger partial charge in [-0.15, -0.1) is 0 Å². The van der Waals surface area contributed by atoms with Crippen LogP contribution in [0, 0.1) is 5.92 Å². The number of piperidine rings is 1. The van der Waals surface area contributed by atoms with Crippen LogP contribution in [0.5, 0.6) is 0 Å². The number of rotatable bonds is 2. The number of nitrogens with zero attached hydrogens (tertiary/aromatic N) is 1. The molecule has 2 aliphatic heterocycles. The monoisotopic (exact) mass is 278 g/mol. The number of nitrogens with one attached hydrogen (secondary N) is 1. The number of benzene rings is 1. The van der Waals surface area contributed by atoms with Gasteiger partial charge in [-0.2, -0.15) is 0 Å². The van der Waals surface area contributed by atoms with Crippen LogP contribution in [-0.2, 0) is 4.79 Å². The maximum Gasteiger partial charge on any atom is 0.225 e. The third-order valence-electron chi connectivity index (χ3n) is 4.06. The molecule has 1 amide bonds. The molecule has 3 rings (SSSR count). The van der Waals surface area contributed by atoms with Crippen LogP contribution in [0.3, 0.4) is 0 Å². The van der Waals surface area contributed by atoms with Crippen LogP contribution in [0.25, 0.3) is 0 Å². The highest BCUT2D eigenvalue weighted by molar-refractivity contribution is 6.33. The Kier molecular flexibility index (Phi) is 3.19. The molecule has 0 aromatic heterocycles. The van der Waals surface area contributed by atoms with E-state index in [9.17, 15) is 9.59 Å². The Labute approximate surface area is 116 Å². The van der Waals surface area contributed by atoms with Crippen molar-refractivity contribution in [2.24, 2.45) is 5.92 Å². The van der Waals surface area contributed by atoms with Gasteiger partial charge in [0, 0.05) is 18.8 Å². The zero-order chi connectivity index (χ0) is 13.4. The van der Waals surface area contributed by atoms with E-state index in [1.165, 1.54) is 0 Å². The van der Waals surface area contributed by atoms with Crippen LogP contribution in [-0.4, -0.2) is 31.3 Å². The number of carbonyl (C=O) groups excluding carboxylic acids is 2. The molecular formula is C14H15ClN2O2. The molecule has 4 nitrogen and oxygen atoms in total. The predicted octanol–water partition coefficient (Wildman–Crippen LogP) is 1.87. The van der Waals surface area contributed by atoms with Crippen LogP contribution >= 0.6 is 11.6 Å². The Morgan fingerprint density at radius 2 is 2.26 bits per heavy atom. The second-order valence-corrected chi connectivity index (χ2v) is 5.45. The minimum absolute atomic E-state index is 0.0345. The average Bonchev–Trinajstić information content (AvgIpc) is 2.80. The van der Waals surface area contributed by atoms with E-state index in [2.05, 4.69) is 10.2 Å². The summed E-state index contributed by atoms with van der Waals surface area (Å²) in [6.45, 7) is 1.51. The summed E-state index contributed by atoms with van der Waals surface area (Å²) in [5.74, 6) is 0.164. The summed E-state index contributed by atoms with van der Waals surface area (Å²) in [5, 5.41) is 3.38. The van der Waals surface area contributed by atoms with Crippen molar-refractivity contribution in [3.05, 3.63) is 28.8 Å². The van der Waals surface area contributed by atoms with E-state index in [0.29, 0.717) is 17.1 Å². The first-order chi connectivity index (χ1) is 9.22. The van der Waals surface area contributed by atoms with E-state index in [4.69, 9.17) is 11.6 Å². The van der Waals surface area contributed by atoms with Gasteiger partial charge in [-0.25, -0.2) is 0 Å². The molecule has 0 aliphatic carbocycles. The molecule has 2 fully saturated rings. The Morgan fingerprint density at radius 3 is 3.05 bits per heavy atom. The van der Waals surface area contributed by atoms with Crippen molar-refractivity contribution in [2.45, 2.75) is 18.9 Å². The molecule has 19 heavy (non-hydrogen) atoms. The summed E-state index contributed by atoms with van der Waals surface area (Å²) < 4.78 is 0. The summed E-state index contributed by atoms with van der Waals surface area (Å²) in [6, 6.07) is 5.60. The number of anilines is 1. The molecule has 100 valence electrons. The largest absolute Gasteiger partial charge is 0.365 e. The number of hydrogen-bond acceptors (Lipinski definition) is 3. The van der Waals surface area contributed by atoms with Crippen molar-refractivity contribution in [1.29, 1.82) is 0 Å². The SMILES string of the molecule is O=Cc1c(Cl)cccc1N1CCCC2C(=O)NCC21. The Balaban J connectivity index is 2.00. The molecule has 1 N–H and O–H groups in total. The molecule has 5 heteroatoms. The maximum atomic E-state index is 11.8. The molecule has 2 unspecified atom stereocenters. The lowest BCUT2D eigenvalue weighted by atomic mass is 9.90. The molecule has 0 bridgehead atoms. The summed E-state index contributed by atoms with van der Waals surface area (Å²) in [5.41, 5.74) is 1.36. The standard InChI is InChI=1S/C14H15ClN2O2/c15-11-4-1-5-12(10(11)8-18)17-6-2-3-9-13(17)7-16-14(9)19/h1,4-5,8-9,13H,2-3,6-7H2,(H,16,19). The highest BCUT2D eigenvalue weighted by atomic mass is 35.5. The van der Waals surface area contributed by atoms with E-state index in [0.717, 1.165) is 31.4 Å². The summed E-state index contributed by atoms with van der Waals surface area (Å²) in [4.78, 5) is 25.2. The molecule has 2 atom stereocenters. The van der Waals surface area contributed by atoms with Gasteiger partial charge in [0.15, 0.2) is 6.29 Å². The van der Waals surface area contributed by atoms with Crippen molar-refractivity contribution in [3.8, 4) is 0 Å². The number of amides is 1. The van der Waals surface area contributed by atoms with E-state index in [1.807, 2.05) is 12.1 Å². The molecule has 2 saturated heterocycles. The maximum absolute atomic E-state index is 11.8. The van der Waals surface area contributed by atoms with Gasteiger partial charge in [-0.3, -0.25) is 9.59 Å². The highest BCUT2D eigenvalue weighted by Gasteiger charge is 2.41. The third-order valence-corrected chi connectivity index (χ3v) is 4.39. The normalized spacial score (nSPS) is 25.9. The van der Waals surface area contributed by atoms with Crippen LogP contribution in [0.15, 0.2) is 18.2 Å². The lowest BCUT2D eigenvalue weighted by Crippen LogP contribution is -2.46. The second-order valence-electron chi connectivity index (χ2n) is 5.05. The van der Waals surface area contributed by atoms with E-state index in [-0.39, 0.29) is 17.9 Å². The van der Waals surface area contributed by atoms with Gasteiger partial charge < -0.3 is 10.2 Å². The van der Waals surface area contributed by atoms with Crippen LogP contribution in [0.2, 0.25) is 5.02 Å². The average molecular weight is 279 g/mol. The molecule has 1 aromatic carbocycles. The van der Waals surface area contributed by atoms with Crippen LogP contribution in [0.1, 0.15) is 23.2 Å². The zero-order valence-electron chi connectivity index (χ0n) is 10.4. The number of halogens is 1. The minimum Gasteiger partial charge on any atom is -0.365 e. The van der Waals surface area contributed by atoms with E-state index in [1.54, 1.807) is 6.07 Å². The van der Waals surface area contributed by atoms with Gasteiger partial charge in [0.1, 0.15) is 0 Å². The van der Waals surface area contributed by atoms with E-state index < -0.39 is 0 Å². The Morgan fingerprint density at radius 1 is 1.42 bits per heavy atom. The summed E-state index contributed by atoms with van der Waals surface area (Å²) in [7, 11) is 0. The van der Waals surface area contributed by atoms with Crippen LogP contribution < -0.4 is 10.2 Å². The van der Waals surface area contributed by atoms with Gasteiger partial charge in [0.25, 0.3) is 0 Å². The van der Waals surface area contributed by atoms with Gasteiger partial charge in [0.2, 0.25) is 5.91 Å². The summed E-state index contributed by atoms with van der Waals surface area (Å²) in [6.07, 6.45) is 2.68. The number of aldehydes is 1. The van der Waals surface area contributed by atoms with Crippen molar-refractivity contribution in [3.63, 3.8) is 0 Å². The van der Waals surface area contributed by atoms with Crippen molar-refractivity contribution in [1.82, 2.24) is 5.32 Å². The van der Waals surface area contributed by atoms with E-state index >= 15 is 0 Å². The van der Waals surface area contributed by atoms with Gasteiger partial charge in [-0.05, 0) is 25.0 Å². The fourth-order valence-corrected chi connectivity index (χ4v) is 3.36. The molecule has 0 saturated carbocycles. The molecule has 2 heterocycles. The molecule has 1 aromatic rings. The van der Waals surface area contributed by atoms with Crippen molar-refractivity contribution < 1.29 is 9.59 Å². The van der Waals surface area contributed by atoms with Crippen LogP contribution in [0.4, 0.5) is 5.69 Å². The minimum atomic E-state index is 0.0345. The lowest BCUT2D eigenvalue weighted by molar-refractivity contribution is -0.122. The topological polar surface area (TPSA) is 49.4 Å². The lowest BCUT2D eigenvalue weighted by Gasteiger charge is -2.38. The fraction of sp³-hybridized carbons (Fsp3) is 0.429.